The normalized spacial score (nSPS) is 11.1. The number of nitrogens with one attached hydrogen (secondary N) is 1. The van der Waals surface area contributed by atoms with E-state index in [0.717, 1.165) is 18.4 Å². The van der Waals surface area contributed by atoms with E-state index >= 15 is 0 Å². The van der Waals surface area contributed by atoms with Crippen molar-refractivity contribution in [2.24, 2.45) is 5.73 Å². The second kappa shape index (κ2) is 7.96. The monoisotopic (exact) mass is 312 g/mol. The summed E-state index contributed by atoms with van der Waals surface area (Å²) in [5, 5.41) is 0.238. The zero-order valence-electron chi connectivity index (χ0n) is 10.1. The van der Waals surface area contributed by atoms with Crippen LogP contribution in [0, 0.1) is 6.92 Å². The Kier molecular flexibility index (Phi) is 7.82. The van der Waals surface area contributed by atoms with Crippen LogP contribution >= 0.6 is 24.0 Å². The third-order valence-corrected chi connectivity index (χ3v) is 4.24. The summed E-state index contributed by atoms with van der Waals surface area (Å²) in [6, 6.07) is 4.93. The predicted molar refractivity (Wildman–Crippen MR) is 76.9 cm³/mol. The van der Waals surface area contributed by atoms with Gasteiger partial charge in [0.1, 0.15) is 4.90 Å². The van der Waals surface area contributed by atoms with E-state index in [2.05, 4.69) is 4.72 Å². The summed E-state index contributed by atoms with van der Waals surface area (Å²) in [4.78, 5) is 0.131. The Morgan fingerprint density at radius 2 is 2.00 bits per heavy atom. The Hall–Kier alpha value is -0.330. The van der Waals surface area contributed by atoms with Gasteiger partial charge in [-0.2, -0.15) is 0 Å². The van der Waals surface area contributed by atoms with Crippen molar-refractivity contribution in [3.05, 3.63) is 28.8 Å². The Morgan fingerprint density at radius 3 is 2.61 bits per heavy atom. The number of aryl methyl sites for hydroxylation is 1. The molecule has 7 heteroatoms. The van der Waals surface area contributed by atoms with Crippen LogP contribution in [0.5, 0.6) is 0 Å². The summed E-state index contributed by atoms with van der Waals surface area (Å²) >= 11 is 5.88. The molecule has 0 saturated carbocycles. The van der Waals surface area contributed by atoms with Gasteiger partial charge < -0.3 is 5.73 Å². The molecule has 0 atom stereocenters. The summed E-state index contributed by atoms with van der Waals surface area (Å²) in [6.45, 7) is 2.76. The molecule has 104 valence electrons. The molecule has 0 saturated heterocycles. The topological polar surface area (TPSA) is 72.2 Å². The van der Waals surface area contributed by atoms with Crippen molar-refractivity contribution in [2.75, 3.05) is 13.1 Å². The summed E-state index contributed by atoms with van der Waals surface area (Å²) in [5.74, 6) is 0. The second-order valence-corrected chi connectivity index (χ2v) is 5.97. The molecule has 18 heavy (non-hydrogen) atoms. The van der Waals surface area contributed by atoms with Crippen molar-refractivity contribution < 1.29 is 8.42 Å². The molecule has 0 unspecified atom stereocenters. The maximum Gasteiger partial charge on any atom is 0.242 e. The molecule has 0 fully saturated rings. The summed E-state index contributed by atoms with van der Waals surface area (Å²) in [5.41, 5.74) is 6.19. The van der Waals surface area contributed by atoms with E-state index in [1.165, 1.54) is 0 Å². The molecular formula is C11H18Cl2N2O2S. The fourth-order valence-corrected chi connectivity index (χ4v) is 3.03. The second-order valence-electron chi connectivity index (χ2n) is 3.83. The highest BCUT2D eigenvalue weighted by molar-refractivity contribution is 7.89. The van der Waals surface area contributed by atoms with Crippen LogP contribution in [-0.4, -0.2) is 21.5 Å². The molecule has 0 bridgehead atoms. The van der Waals surface area contributed by atoms with Gasteiger partial charge in [0.15, 0.2) is 0 Å². The molecule has 4 nitrogen and oxygen atoms in total. The van der Waals surface area contributed by atoms with Gasteiger partial charge in [-0.1, -0.05) is 17.7 Å². The van der Waals surface area contributed by atoms with Crippen molar-refractivity contribution in [1.29, 1.82) is 0 Å². The van der Waals surface area contributed by atoms with Crippen molar-refractivity contribution >= 4 is 34.0 Å². The smallest absolute Gasteiger partial charge is 0.242 e. The lowest BCUT2D eigenvalue weighted by molar-refractivity contribution is 0.577. The number of nitrogens with two attached hydrogens (primary N) is 1. The van der Waals surface area contributed by atoms with Crippen LogP contribution in [0.1, 0.15) is 18.4 Å². The molecule has 0 aliphatic rings. The molecule has 1 aromatic rings. The largest absolute Gasteiger partial charge is 0.330 e. The SMILES string of the molecule is Cc1ccc(Cl)c(S(=O)(=O)NCCCCN)c1.Cl. The molecule has 0 aliphatic heterocycles. The van der Waals surface area contributed by atoms with Gasteiger partial charge in [0, 0.05) is 6.54 Å². The summed E-state index contributed by atoms with van der Waals surface area (Å²) in [7, 11) is -3.52. The lowest BCUT2D eigenvalue weighted by atomic mass is 10.2. The van der Waals surface area contributed by atoms with Gasteiger partial charge in [0.05, 0.1) is 5.02 Å². The van der Waals surface area contributed by atoms with Crippen molar-refractivity contribution in [1.82, 2.24) is 4.72 Å². The van der Waals surface area contributed by atoms with Crippen LogP contribution < -0.4 is 10.5 Å². The minimum absolute atomic E-state index is 0. The molecule has 0 amide bonds. The number of unbranched alkanes of at least 4 members (excludes halogenated alkanes) is 1. The maximum absolute atomic E-state index is 11.9. The molecule has 1 aromatic carbocycles. The van der Waals surface area contributed by atoms with E-state index in [1.54, 1.807) is 18.2 Å². The van der Waals surface area contributed by atoms with Gasteiger partial charge in [-0.25, -0.2) is 13.1 Å². The van der Waals surface area contributed by atoms with Gasteiger partial charge in [-0.05, 0) is 44.0 Å². The summed E-state index contributed by atoms with van der Waals surface area (Å²) in [6.07, 6.45) is 1.52. The van der Waals surface area contributed by atoms with Crippen LogP contribution in [0.15, 0.2) is 23.1 Å². The van der Waals surface area contributed by atoms with Crippen LogP contribution in [-0.2, 0) is 10.0 Å². The maximum atomic E-state index is 11.9. The van der Waals surface area contributed by atoms with Crippen LogP contribution in [0.2, 0.25) is 5.02 Å². The van der Waals surface area contributed by atoms with Gasteiger partial charge in [0.25, 0.3) is 0 Å². The Labute approximate surface area is 119 Å². The molecule has 0 radical (unpaired) electrons. The Bertz CT molecular complexity index is 478. The van der Waals surface area contributed by atoms with E-state index in [-0.39, 0.29) is 22.3 Å². The molecule has 1 rings (SSSR count). The van der Waals surface area contributed by atoms with E-state index in [1.807, 2.05) is 6.92 Å². The quantitative estimate of drug-likeness (QED) is 0.790. The lowest BCUT2D eigenvalue weighted by Crippen LogP contribution is -2.25. The summed E-state index contributed by atoms with van der Waals surface area (Å²) < 4.78 is 26.4. The molecule has 3 N–H and O–H groups in total. The fourth-order valence-electron chi connectivity index (χ4n) is 1.37. The highest BCUT2D eigenvalue weighted by atomic mass is 35.5. The Morgan fingerprint density at radius 1 is 1.33 bits per heavy atom. The molecule has 0 aliphatic carbocycles. The van der Waals surface area contributed by atoms with Gasteiger partial charge in [0.2, 0.25) is 10.0 Å². The third-order valence-electron chi connectivity index (χ3n) is 2.30. The first kappa shape index (κ1) is 17.7. The zero-order chi connectivity index (χ0) is 12.9. The number of rotatable bonds is 6. The van der Waals surface area contributed by atoms with E-state index < -0.39 is 10.0 Å². The molecule has 0 aromatic heterocycles. The number of sulfonamides is 1. The fraction of sp³-hybridized carbons (Fsp3) is 0.455. The van der Waals surface area contributed by atoms with E-state index in [4.69, 9.17) is 17.3 Å². The first-order chi connectivity index (χ1) is 7.97. The average Bonchev–Trinajstić information content (AvgIpc) is 2.28. The molecule has 0 spiro atoms. The van der Waals surface area contributed by atoms with Gasteiger partial charge in [-0.15, -0.1) is 12.4 Å². The van der Waals surface area contributed by atoms with Crippen LogP contribution in [0.3, 0.4) is 0 Å². The van der Waals surface area contributed by atoms with Crippen molar-refractivity contribution in [3.8, 4) is 0 Å². The minimum atomic E-state index is -3.52. The van der Waals surface area contributed by atoms with Gasteiger partial charge >= 0.3 is 0 Å². The Balaban J connectivity index is 0.00000289. The molecular weight excluding hydrogens is 295 g/mol. The number of hydrogen-bond acceptors (Lipinski definition) is 3. The number of halogens is 2. The minimum Gasteiger partial charge on any atom is -0.330 e. The van der Waals surface area contributed by atoms with E-state index in [0.29, 0.717) is 13.1 Å². The number of benzene rings is 1. The van der Waals surface area contributed by atoms with Crippen molar-refractivity contribution in [3.63, 3.8) is 0 Å². The highest BCUT2D eigenvalue weighted by Crippen LogP contribution is 2.22. The number of hydrogen-bond donors (Lipinski definition) is 2. The highest BCUT2D eigenvalue weighted by Gasteiger charge is 2.17. The predicted octanol–water partition coefficient (Wildman–Crippen LogP) is 2.09. The van der Waals surface area contributed by atoms with E-state index in [9.17, 15) is 8.42 Å². The standard InChI is InChI=1S/C11H17ClN2O2S.ClH/c1-9-4-5-10(12)11(8-9)17(15,16)14-7-3-2-6-13;/h4-5,8,14H,2-3,6-7,13H2,1H3;1H. The third kappa shape index (κ3) is 5.12. The first-order valence-corrected chi connectivity index (χ1v) is 7.29. The first-order valence-electron chi connectivity index (χ1n) is 5.43. The van der Waals surface area contributed by atoms with Crippen LogP contribution in [0.4, 0.5) is 0 Å². The average molecular weight is 313 g/mol. The zero-order valence-corrected chi connectivity index (χ0v) is 12.5. The molecule has 0 heterocycles. The lowest BCUT2D eigenvalue weighted by Gasteiger charge is -2.08. The van der Waals surface area contributed by atoms with Crippen molar-refractivity contribution in [2.45, 2.75) is 24.7 Å². The van der Waals surface area contributed by atoms with Gasteiger partial charge in [-0.3, -0.25) is 0 Å². The van der Waals surface area contributed by atoms with Crippen LogP contribution in [0.25, 0.3) is 0 Å².